The lowest BCUT2D eigenvalue weighted by molar-refractivity contribution is -0.387. The molecule has 0 atom stereocenters. The molecule has 0 aromatic heterocycles. The number of carbonyl (C=O) groups is 1. The molecule has 0 bridgehead atoms. The van der Waals surface area contributed by atoms with Crippen LogP contribution in [-0.4, -0.2) is 10.9 Å². The Bertz CT molecular complexity index is 1020. The van der Waals surface area contributed by atoms with Crippen LogP contribution in [-0.2, 0) is 11.3 Å². The summed E-state index contributed by atoms with van der Waals surface area (Å²) in [5.41, 5.74) is 0.774. The van der Waals surface area contributed by atoms with Crippen LogP contribution in [0.15, 0.2) is 76.5 Å². The molecule has 0 heterocycles. The van der Waals surface area contributed by atoms with Gasteiger partial charge in [0.05, 0.1) is 15.4 Å². The number of nitro groups is 1. The van der Waals surface area contributed by atoms with Gasteiger partial charge in [-0.2, -0.15) is 0 Å². The Morgan fingerprint density at radius 1 is 1.00 bits per heavy atom. The first-order valence-corrected chi connectivity index (χ1v) is 9.63. The van der Waals surface area contributed by atoms with Gasteiger partial charge >= 0.3 is 5.97 Å². The van der Waals surface area contributed by atoms with Gasteiger partial charge in [0.1, 0.15) is 6.61 Å². The molecule has 28 heavy (non-hydrogen) atoms. The molecule has 3 aromatic rings. The smallest absolute Gasteiger partial charge is 0.338 e. The second kappa shape index (κ2) is 9.10. The number of carbonyl (C=O) groups excluding carboxylic acids is 1. The van der Waals surface area contributed by atoms with Crippen LogP contribution in [0.2, 0.25) is 10.0 Å². The third-order valence-corrected chi connectivity index (χ3v) is 5.25. The maximum absolute atomic E-state index is 12.1. The summed E-state index contributed by atoms with van der Waals surface area (Å²) in [4.78, 5) is 24.4. The van der Waals surface area contributed by atoms with Crippen LogP contribution in [0, 0.1) is 10.1 Å². The van der Waals surface area contributed by atoms with Crippen LogP contribution in [0.25, 0.3) is 0 Å². The van der Waals surface area contributed by atoms with Gasteiger partial charge in [-0.3, -0.25) is 10.1 Å². The van der Waals surface area contributed by atoms with Gasteiger partial charge in [-0.25, -0.2) is 4.79 Å². The van der Waals surface area contributed by atoms with E-state index in [1.165, 1.54) is 23.9 Å². The summed E-state index contributed by atoms with van der Waals surface area (Å²) in [6.45, 7) is -0.0852. The minimum Gasteiger partial charge on any atom is -0.457 e. The summed E-state index contributed by atoms with van der Waals surface area (Å²) >= 11 is 13.0. The Morgan fingerprint density at radius 3 is 2.43 bits per heavy atom. The molecule has 142 valence electrons. The molecule has 0 unspecified atom stereocenters. The highest BCUT2D eigenvalue weighted by molar-refractivity contribution is 7.99. The van der Waals surface area contributed by atoms with Gasteiger partial charge in [0.15, 0.2) is 0 Å². The first-order valence-electron chi connectivity index (χ1n) is 8.06. The highest BCUT2D eigenvalue weighted by Gasteiger charge is 2.17. The number of ether oxygens (including phenoxy) is 1. The van der Waals surface area contributed by atoms with Crippen molar-refractivity contribution in [2.24, 2.45) is 0 Å². The topological polar surface area (TPSA) is 69.4 Å². The van der Waals surface area contributed by atoms with Crippen LogP contribution in [0.4, 0.5) is 5.69 Å². The summed E-state index contributed by atoms with van der Waals surface area (Å²) in [6, 6.07) is 18.1. The van der Waals surface area contributed by atoms with Gasteiger partial charge in [0, 0.05) is 21.0 Å². The fourth-order valence-corrected chi connectivity index (χ4v) is 3.58. The average molecular weight is 434 g/mol. The molecular weight excluding hydrogens is 421 g/mol. The number of nitro benzene ring substituents is 1. The Kier molecular flexibility index (Phi) is 6.57. The lowest BCUT2D eigenvalue weighted by Gasteiger charge is -2.08. The van der Waals surface area contributed by atoms with E-state index >= 15 is 0 Å². The van der Waals surface area contributed by atoms with Crippen molar-refractivity contribution in [3.05, 3.63) is 98.0 Å². The number of hydrogen-bond donors (Lipinski definition) is 0. The van der Waals surface area contributed by atoms with Crippen LogP contribution in [0.1, 0.15) is 15.9 Å². The molecule has 0 spiro atoms. The number of benzene rings is 3. The van der Waals surface area contributed by atoms with Crippen molar-refractivity contribution in [2.45, 2.75) is 16.4 Å². The zero-order chi connectivity index (χ0) is 20.1. The Morgan fingerprint density at radius 2 is 1.75 bits per heavy atom. The fourth-order valence-electron chi connectivity index (χ4n) is 2.36. The van der Waals surface area contributed by atoms with E-state index < -0.39 is 10.9 Å². The van der Waals surface area contributed by atoms with Crippen molar-refractivity contribution in [3.8, 4) is 0 Å². The molecule has 5 nitrogen and oxygen atoms in total. The quantitative estimate of drug-likeness (QED) is 0.255. The van der Waals surface area contributed by atoms with E-state index in [4.69, 9.17) is 27.9 Å². The van der Waals surface area contributed by atoms with E-state index in [1.807, 2.05) is 0 Å². The Balaban J connectivity index is 1.74. The summed E-state index contributed by atoms with van der Waals surface area (Å²) < 4.78 is 5.23. The van der Waals surface area contributed by atoms with E-state index in [1.54, 1.807) is 54.6 Å². The van der Waals surface area contributed by atoms with Gasteiger partial charge in [0.25, 0.3) is 5.69 Å². The Hall–Kier alpha value is -2.54. The monoisotopic (exact) mass is 433 g/mol. The molecule has 8 heteroatoms. The molecular formula is C20H13Cl2NO4S. The van der Waals surface area contributed by atoms with Crippen molar-refractivity contribution in [3.63, 3.8) is 0 Å². The third-order valence-electron chi connectivity index (χ3n) is 3.69. The maximum Gasteiger partial charge on any atom is 0.338 e. The van der Waals surface area contributed by atoms with Crippen molar-refractivity contribution in [1.82, 2.24) is 0 Å². The zero-order valence-corrected chi connectivity index (χ0v) is 16.6. The molecule has 0 aliphatic rings. The van der Waals surface area contributed by atoms with E-state index in [2.05, 4.69) is 0 Å². The number of nitrogens with zero attached hydrogens (tertiary/aromatic N) is 1. The molecule has 0 saturated heterocycles. The highest BCUT2D eigenvalue weighted by Crippen LogP contribution is 2.36. The fraction of sp³-hybridized carbons (Fsp3) is 0.0500. The van der Waals surface area contributed by atoms with Gasteiger partial charge < -0.3 is 4.74 Å². The third kappa shape index (κ3) is 5.25. The predicted octanol–water partition coefficient (Wildman–Crippen LogP) is 6.41. The predicted molar refractivity (Wildman–Crippen MR) is 109 cm³/mol. The molecule has 0 radical (unpaired) electrons. The van der Waals surface area contributed by atoms with Crippen molar-refractivity contribution in [1.29, 1.82) is 0 Å². The van der Waals surface area contributed by atoms with E-state index in [0.717, 1.165) is 4.90 Å². The van der Waals surface area contributed by atoms with E-state index in [9.17, 15) is 14.9 Å². The summed E-state index contributed by atoms with van der Waals surface area (Å²) in [7, 11) is 0. The van der Waals surface area contributed by atoms with Crippen LogP contribution in [0.3, 0.4) is 0 Å². The summed E-state index contributed by atoms with van der Waals surface area (Å²) in [5.74, 6) is -0.551. The largest absolute Gasteiger partial charge is 0.457 e. The summed E-state index contributed by atoms with van der Waals surface area (Å²) in [6.07, 6.45) is 0. The van der Waals surface area contributed by atoms with Crippen molar-refractivity contribution in [2.75, 3.05) is 0 Å². The molecule has 3 rings (SSSR count). The second-order valence-electron chi connectivity index (χ2n) is 5.70. The number of rotatable bonds is 6. The molecule has 0 fully saturated rings. The maximum atomic E-state index is 12.1. The number of halogens is 2. The van der Waals surface area contributed by atoms with Gasteiger partial charge in [-0.15, -0.1) is 0 Å². The number of esters is 1. The first-order chi connectivity index (χ1) is 13.4. The first kappa shape index (κ1) is 20.2. The summed E-state index contributed by atoms with van der Waals surface area (Å²) in [5, 5.41) is 12.5. The molecule has 0 amide bonds. The molecule has 3 aromatic carbocycles. The van der Waals surface area contributed by atoms with Crippen LogP contribution in [0.5, 0.6) is 0 Å². The molecule has 0 aliphatic carbocycles. The minimum absolute atomic E-state index is 0.0590. The average Bonchev–Trinajstić information content (AvgIpc) is 2.68. The van der Waals surface area contributed by atoms with Crippen molar-refractivity contribution >= 4 is 46.6 Å². The van der Waals surface area contributed by atoms with Crippen molar-refractivity contribution < 1.29 is 14.5 Å². The minimum atomic E-state index is -0.551. The standard InChI is InChI=1S/C20H13Cl2NO4S/c21-15-5-7-17(8-6-15)28-19-9-4-13(10-18(19)23(25)26)12-27-20(24)14-2-1-3-16(22)11-14/h1-11H,12H2. The van der Waals surface area contributed by atoms with Gasteiger partial charge in [-0.05, 0) is 54.1 Å². The lowest BCUT2D eigenvalue weighted by atomic mass is 10.2. The highest BCUT2D eigenvalue weighted by atomic mass is 35.5. The van der Waals surface area contributed by atoms with Crippen LogP contribution < -0.4 is 0 Å². The van der Waals surface area contributed by atoms with Gasteiger partial charge in [-0.1, -0.05) is 47.1 Å². The molecule has 0 aliphatic heterocycles. The van der Waals surface area contributed by atoms with E-state index in [0.29, 0.717) is 26.1 Å². The second-order valence-corrected chi connectivity index (χ2v) is 7.69. The zero-order valence-electron chi connectivity index (χ0n) is 14.3. The van der Waals surface area contributed by atoms with Gasteiger partial charge in [0.2, 0.25) is 0 Å². The van der Waals surface area contributed by atoms with Crippen LogP contribution >= 0.6 is 35.0 Å². The molecule has 0 saturated carbocycles. The number of hydrogen-bond acceptors (Lipinski definition) is 5. The lowest BCUT2D eigenvalue weighted by Crippen LogP contribution is -2.05. The van der Waals surface area contributed by atoms with E-state index in [-0.39, 0.29) is 12.3 Å². The Labute approximate surface area is 175 Å². The SMILES string of the molecule is O=C(OCc1ccc(Sc2ccc(Cl)cc2)c([N+](=O)[O-])c1)c1cccc(Cl)c1. The molecule has 0 N–H and O–H groups in total. The normalized spacial score (nSPS) is 10.5.